The fourth-order valence-corrected chi connectivity index (χ4v) is 2.74. The Morgan fingerprint density at radius 3 is 0.722 bits per heavy atom. The fourth-order valence-electron chi connectivity index (χ4n) is 2.74. The van der Waals surface area contributed by atoms with E-state index in [-0.39, 0.29) is 17.1 Å². The third-order valence-corrected chi connectivity index (χ3v) is 4.08. The largest absolute Gasteiger partial charge is 1.00 e. The average molecular weight is 577 g/mol. The molecule has 0 aromatic carbocycles. The van der Waals surface area contributed by atoms with Crippen molar-refractivity contribution in [2.75, 3.05) is 0 Å². The van der Waals surface area contributed by atoms with Gasteiger partial charge in [-0.3, -0.25) is 19.9 Å². The third-order valence-electron chi connectivity index (χ3n) is 4.08. The Morgan fingerprint density at radius 1 is 0.417 bits per heavy atom. The smallest absolute Gasteiger partial charge is 1.00 e. The Morgan fingerprint density at radius 2 is 0.583 bits per heavy atom. The van der Waals surface area contributed by atoms with Gasteiger partial charge in [0.2, 0.25) is 0 Å². The van der Waals surface area contributed by atoms with Crippen LogP contribution < -0.4 is 0 Å². The van der Waals surface area contributed by atoms with Crippen LogP contribution in [-0.4, -0.2) is 19.9 Å². The number of aromatic nitrogens is 4. The second-order valence-corrected chi connectivity index (χ2v) is 9.53. The Balaban J connectivity index is 0.000000283. The Hall–Kier alpha value is -2.87. The fraction of sp³-hybridized carbons (Fsp3) is 0.167. The molecule has 0 aliphatic heterocycles. The molecule has 0 amide bonds. The van der Waals surface area contributed by atoms with Crippen LogP contribution in [0.5, 0.6) is 0 Å². The summed E-state index contributed by atoms with van der Waals surface area (Å²) < 4.78 is 59.2. The third kappa shape index (κ3) is 13.9. The van der Waals surface area contributed by atoms with Crippen molar-refractivity contribution < 1.29 is 42.3 Å². The Kier molecular flexibility index (Phi) is 9.92. The Labute approximate surface area is 216 Å². The van der Waals surface area contributed by atoms with Crippen LogP contribution in [-0.2, 0) is 17.1 Å². The minimum absolute atomic E-state index is 0. The maximum absolute atomic E-state index is 10.7. The van der Waals surface area contributed by atoms with Gasteiger partial charge < -0.3 is 0 Å². The molecular weight excluding hydrogens is 553 g/mol. The zero-order valence-electron chi connectivity index (χ0n) is 19.7. The van der Waals surface area contributed by atoms with Gasteiger partial charge in [-0.15, -0.1) is 0 Å². The average Bonchev–Trinajstić information content (AvgIpc) is 2.72. The summed E-state index contributed by atoms with van der Waals surface area (Å²) in [7, 11) is -10.7. The first-order chi connectivity index (χ1) is 16.0. The molecule has 198 valence electrons. The number of nitrogens with zero attached hydrogens (tertiary/aromatic N) is 4. The van der Waals surface area contributed by atoms with Gasteiger partial charge in [-0.05, 0) is 76.2 Å². The number of hydrogen-bond donors (Lipinski definition) is 0. The maximum atomic E-state index is 9.87. The van der Waals surface area contributed by atoms with Crippen molar-refractivity contribution in [2.24, 2.45) is 0 Å². The van der Waals surface area contributed by atoms with E-state index in [1.165, 1.54) is 0 Å². The van der Waals surface area contributed by atoms with E-state index in [0.717, 1.165) is 45.6 Å². The van der Waals surface area contributed by atoms with E-state index in [1.807, 2.05) is 100 Å². The summed E-state index contributed by atoms with van der Waals surface area (Å²) in [6.07, 6.45) is 0. The summed E-state index contributed by atoms with van der Waals surface area (Å²) in [5, 5.41) is 0. The second-order valence-electron chi connectivity index (χ2n) is 7.62. The normalized spacial score (nSPS) is 12.4. The molecule has 4 aromatic rings. The van der Waals surface area contributed by atoms with Crippen molar-refractivity contribution in [1.29, 1.82) is 0 Å². The molecule has 4 heterocycles. The molecule has 0 atom stereocenters. The minimum atomic E-state index is -10.7. The number of hydrogen-bond acceptors (Lipinski definition) is 4. The van der Waals surface area contributed by atoms with Crippen molar-refractivity contribution in [3.63, 3.8) is 0 Å². The van der Waals surface area contributed by atoms with Crippen LogP contribution in [0.1, 0.15) is 22.8 Å². The first kappa shape index (κ1) is 31.2. The van der Waals surface area contributed by atoms with Gasteiger partial charge in [-0.25, -0.2) is 0 Å². The van der Waals surface area contributed by atoms with Crippen LogP contribution in [0.15, 0.2) is 72.8 Å². The summed E-state index contributed by atoms with van der Waals surface area (Å²) in [4.78, 5) is 17.7. The molecule has 0 saturated heterocycles. The first-order valence-electron chi connectivity index (χ1n) is 10.3. The van der Waals surface area contributed by atoms with Crippen LogP contribution in [0.2, 0.25) is 0 Å². The molecule has 0 N–H and O–H groups in total. The van der Waals surface area contributed by atoms with Gasteiger partial charge in [-0.2, -0.15) is 0 Å². The summed E-state index contributed by atoms with van der Waals surface area (Å²) in [5.41, 5.74) is 7.83. The summed E-state index contributed by atoms with van der Waals surface area (Å²) in [6.45, 7) is 7.94. The molecule has 0 aliphatic carbocycles. The molecular formula is C24H24CuF6N4P. The maximum Gasteiger partial charge on any atom is 1.00 e. The van der Waals surface area contributed by atoms with E-state index in [1.54, 1.807) is 0 Å². The van der Waals surface area contributed by atoms with Crippen LogP contribution in [0.25, 0.3) is 22.8 Å². The standard InChI is InChI=1S/2C12H12N2.Cu.F6P/c2*1-9-5-3-7-11(13-9)12-8-4-6-10(2)14-12;;1-7(2,3,4,5)6/h2*3-8H,1-2H3;;/q;;+1;-1. The molecule has 0 unspecified atom stereocenters. The van der Waals surface area contributed by atoms with Crippen LogP contribution >= 0.6 is 7.81 Å². The zero-order chi connectivity index (χ0) is 26.3. The van der Waals surface area contributed by atoms with E-state index < -0.39 is 7.81 Å². The van der Waals surface area contributed by atoms with Crippen molar-refractivity contribution in [3.05, 3.63) is 95.6 Å². The molecule has 0 aliphatic rings. The van der Waals surface area contributed by atoms with Crippen LogP contribution in [0, 0.1) is 27.7 Å². The summed E-state index contributed by atoms with van der Waals surface area (Å²) in [5.74, 6) is 0. The van der Waals surface area contributed by atoms with E-state index in [9.17, 15) is 25.2 Å². The quantitative estimate of drug-likeness (QED) is 0.136. The predicted octanol–water partition coefficient (Wildman–Crippen LogP) is 8.90. The van der Waals surface area contributed by atoms with E-state index in [4.69, 9.17) is 0 Å². The molecule has 12 heteroatoms. The van der Waals surface area contributed by atoms with Gasteiger partial charge in [0, 0.05) is 22.8 Å². The minimum Gasteiger partial charge on any atom is 1.00 e. The summed E-state index contributed by atoms with van der Waals surface area (Å²) >= 11 is 0. The molecule has 4 nitrogen and oxygen atoms in total. The van der Waals surface area contributed by atoms with Gasteiger partial charge >= 0.3 is 50.1 Å². The number of pyridine rings is 4. The van der Waals surface area contributed by atoms with Gasteiger partial charge in [0.15, 0.2) is 0 Å². The first-order valence-corrected chi connectivity index (χ1v) is 12.3. The number of aryl methyl sites for hydroxylation is 4. The number of rotatable bonds is 2. The predicted molar refractivity (Wildman–Crippen MR) is 127 cm³/mol. The second kappa shape index (κ2) is 11.5. The summed E-state index contributed by atoms with van der Waals surface area (Å²) in [6, 6.07) is 23.9. The molecule has 4 rings (SSSR count). The van der Waals surface area contributed by atoms with E-state index >= 15 is 0 Å². The molecule has 4 aromatic heterocycles. The van der Waals surface area contributed by atoms with Crippen LogP contribution in [0.3, 0.4) is 0 Å². The van der Waals surface area contributed by atoms with Crippen molar-refractivity contribution >= 4 is 7.81 Å². The van der Waals surface area contributed by atoms with E-state index in [2.05, 4.69) is 19.9 Å². The SMILES string of the molecule is Cc1cccc(-c2cccc(C)n2)n1.Cc1cccc(-c2cccc(C)n2)n1.F[P-](F)(F)(F)(F)F.[Cu+]. The van der Waals surface area contributed by atoms with Gasteiger partial charge in [0.05, 0.1) is 22.8 Å². The van der Waals surface area contributed by atoms with E-state index in [0.29, 0.717) is 0 Å². The zero-order valence-corrected chi connectivity index (χ0v) is 21.6. The molecule has 0 bridgehead atoms. The van der Waals surface area contributed by atoms with Crippen molar-refractivity contribution in [2.45, 2.75) is 27.7 Å². The number of halogens is 6. The molecule has 36 heavy (non-hydrogen) atoms. The Bertz CT molecular complexity index is 1120. The van der Waals surface area contributed by atoms with Crippen molar-refractivity contribution in [3.8, 4) is 22.8 Å². The molecule has 0 saturated carbocycles. The topological polar surface area (TPSA) is 51.6 Å². The monoisotopic (exact) mass is 576 g/mol. The van der Waals surface area contributed by atoms with Gasteiger partial charge in [0.1, 0.15) is 0 Å². The molecule has 0 fully saturated rings. The van der Waals surface area contributed by atoms with Crippen LogP contribution in [0.4, 0.5) is 25.2 Å². The van der Waals surface area contributed by atoms with Gasteiger partial charge in [0.25, 0.3) is 0 Å². The molecule has 0 radical (unpaired) electrons. The molecule has 0 spiro atoms. The van der Waals surface area contributed by atoms with Crippen molar-refractivity contribution in [1.82, 2.24) is 19.9 Å². The van der Waals surface area contributed by atoms with Gasteiger partial charge in [-0.1, -0.05) is 24.3 Å².